The summed E-state index contributed by atoms with van der Waals surface area (Å²) in [6, 6.07) is 0.428. The minimum atomic E-state index is 0.428. The van der Waals surface area contributed by atoms with Gasteiger partial charge in [-0.1, -0.05) is 0 Å². The van der Waals surface area contributed by atoms with Crippen LogP contribution >= 0.6 is 0 Å². The van der Waals surface area contributed by atoms with Gasteiger partial charge in [-0.25, -0.2) is 4.98 Å². The Morgan fingerprint density at radius 1 is 1.39 bits per heavy atom. The lowest BCUT2D eigenvalue weighted by Crippen LogP contribution is -2.25. The van der Waals surface area contributed by atoms with E-state index in [0.29, 0.717) is 6.04 Å². The standard InChI is InChI=1S/C13H19N5/c1-17-9-14-6-10(17)7-15-12-4-3-5-13-11(12)8-16-18(13)2/h6,8-9,12,15H,3-5,7H2,1-2H3. The highest BCUT2D eigenvalue weighted by molar-refractivity contribution is 5.24. The maximum atomic E-state index is 4.37. The van der Waals surface area contributed by atoms with Crippen LogP contribution in [0.1, 0.15) is 35.8 Å². The summed E-state index contributed by atoms with van der Waals surface area (Å²) < 4.78 is 4.06. The van der Waals surface area contributed by atoms with Crippen molar-refractivity contribution in [1.82, 2.24) is 24.6 Å². The Kier molecular flexibility index (Phi) is 2.91. The zero-order valence-corrected chi connectivity index (χ0v) is 10.9. The maximum Gasteiger partial charge on any atom is 0.0945 e. The van der Waals surface area contributed by atoms with Crippen molar-refractivity contribution in [2.45, 2.75) is 31.8 Å². The molecule has 0 fully saturated rings. The molecule has 18 heavy (non-hydrogen) atoms. The molecule has 0 saturated heterocycles. The molecule has 1 aliphatic carbocycles. The predicted octanol–water partition coefficient (Wildman–Crippen LogP) is 1.32. The van der Waals surface area contributed by atoms with Crippen molar-refractivity contribution in [1.29, 1.82) is 0 Å². The van der Waals surface area contributed by atoms with E-state index in [0.717, 1.165) is 13.0 Å². The first-order valence-corrected chi connectivity index (χ1v) is 6.45. The van der Waals surface area contributed by atoms with Crippen LogP contribution in [0.15, 0.2) is 18.7 Å². The molecule has 2 aromatic heterocycles. The van der Waals surface area contributed by atoms with E-state index in [1.54, 1.807) is 0 Å². The van der Waals surface area contributed by atoms with E-state index in [1.807, 2.05) is 37.5 Å². The zero-order chi connectivity index (χ0) is 12.5. The van der Waals surface area contributed by atoms with E-state index in [4.69, 9.17) is 0 Å². The fraction of sp³-hybridized carbons (Fsp3) is 0.538. The van der Waals surface area contributed by atoms with Gasteiger partial charge in [-0.05, 0) is 19.3 Å². The number of aryl methyl sites for hydroxylation is 2. The molecule has 0 radical (unpaired) electrons. The summed E-state index contributed by atoms with van der Waals surface area (Å²) in [7, 11) is 4.06. The summed E-state index contributed by atoms with van der Waals surface area (Å²) >= 11 is 0. The summed E-state index contributed by atoms with van der Waals surface area (Å²) in [5.74, 6) is 0. The van der Waals surface area contributed by atoms with Crippen LogP contribution in [0, 0.1) is 0 Å². The summed E-state index contributed by atoms with van der Waals surface area (Å²) in [5.41, 5.74) is 3.96. The van der Waals surface area contributed by atoms with Gasteiger partial charge in [-0.2, -0.15) is 5.10 Å². The number of nitrogens with one attached hydrogen (secondary N) is 1. The first kappa shape index (κ1) is 11.5. The third-order valence-corrected chi connectivity index (χ3v) is 3.82. The molecule has 1 unspecified atom stereocenters. The number of rotatable bonds is 3. The average Bonchev–Trinajstić information content (AvgIpc) is 2.95. The maximum absolute atomic E-state index is 4.37. The Labute approximate surface area is 107 Å². The minimum Gasteiger partial charge on any atom is -0.337 e. The Balaban J connectivity index is 1.73. The Hall–Kier alpha value is -1.62. The highest BCUT2D eigenvalue weighted by Crippen LogP contribution is 2.29. The van der Waals surface area contributed by atoms with Crippen molar-refractivity contribution in [2.24, 2.45) is 14.1 Å². The van der Waals surface area contributed by atoms with Crippen molar-refractivity contribution in [3.63, 3.8) is 0 Å². The molecule has 0 aromatic carbocycles. The van der Waals surface area contributed by atoms with Crippen molar-refractivity contribution in [3.8, 4) is 0 Å². The summed E-state index contributed by atoms with van der Waals surface area (Å²) in [4.78, 5) is 4.14. The molecular weight excluding hydrogens is 226 g/mol. The van der Waals surface area contributed by atoms with E-state index in [9.17, 15) is 0 Å². The third-order valence-electron chi connectivity index (χ3n) is 3.82. The highest BCUT2D eigenvalue weighted by Gasteiger charge is 2.22. The zero-order valence-electron chi connectivity index (χ0n) is 10.9. The Morgan fingerprint density at radius 3 is 3.06 bits per heavy atom. The number of nitrogens with zero attached hydrogens (tertiary/aromatic N) is 4. The second kappa shape index (κ2) is 4.57. The number of fused-ring (bicyclic) bond motifs is 1. The monoisotopic (exact) mass is 245 g/mol. The Morgan fingerprint density at radius 2 is 2.28 bits per heavy atom. The van der Waals surface area contributed by atoms with Gasteiger partial charge >= 0.3 is 0 Å². The van der Waals surface area contributed by atoms with E-state index in [1.165, 1.54) is 29.8 Å². The highest BCUT2D eigenvalue weighted by atomic mass is 15.3. The number of imidazole rings is 1. The van der Waals surface area contributed by atoms with E-state index < -0.39 is 0 Å². The number of hydrogen-bond donors (Lipinski definition) is 1. The van der Waals surface area contributed by atoms with Crippen LogP contribution in [0.2, 0.25) is 0 Å². The van der Waals surface area contributed by atoms with Crippen molar-refractivity contribution < 1.29 is 0 Å². The quantitative estimate of drug-likeness (QED) is 0.887. The molecule has 96 valence electrons. The van der Waals surface area contributed by atoms with Crippen LogP contribution in [0.4, 0.5) is 0 Å². The van der Waals surface area contributed by atoms with Gasteiger partial charge in [0.25, 0.3) is 0 Å². The topological polar surface area (TPSA) is 47.7 Å². The molecule has 3 rings (SSSR count). The molecule has 2 heterocycles. The van der Waals surface area contributed by atoms with Gasteiger partial charge in [-0.15, -0.1) is 0 Å². The number of hydrogen-bond acceptors (Lipinski definition) is 3. The fourth-order valence-corrected chi connectivity index (χ4v) is 2.70. The Bertz CT molecular complexity index is 539. The minimum absolute atomic E-state index is 0.428. The molecule has 0 amide bonds. The van der Waals surface area contributed by atoms with Gasteiger partial charge in [0.1, 0.15) is 0 Å². The number of aromatic nitrogens is 4. The lowest BCUT2D eigenvalue weighted by molar-refractivity contribution is 0.446. The van der Waals surface area contributed by atoms with E-state index >= 15 is 0 Å². The molecule has 0 bridgehead atoms. The molecule has 1 atom stereocenters. The summed E-state index contributed by atoms with van der Waals surface area (Å²) in [5, 5.41) is 7.99. The van der Waals surface area contributed by atoms with Gasteiger partial charge < -0.3 is 9.88 Å². The SMILES string of the molecule is Cn1cncc1CNC1CCCc2c1cnn2C. The lowest BCUT2D eigenvalue weighted by atomic mass is 9.93. The second-order valence-electron chi connectivity index (χ2n) is 4.99. The molecule has 2 aromatic rings. The molecule has 5 nitrogen and oxygen atoms in total. The molecule has 0 spiro atoms. The normalized spacial score (nSPS) is 18.9. The van der Waals surface area contributed by atoms with Gasteiger partial charge in [0, 0.05) is 44.1 Å². The van der Waals surface area contributed by atoms with E-state index in [-0.39, 0.29) is 0 Å². The van der Waals surface area contributed by atoms with Gasteiger partial charge in [0.15, 0.2) is 0 Å². The second-order valence-corrected chi connectivity index (χ2v) is 4.99. The van der Waals surface area contributed by atoms with E-state index in [2.05, 4.69) is 20.0 Å². The molecule has 0 saturated carbocycles. The van der Waals surface area contributed by atoms with Crippen LogP contribution in [0.5, 0.6) is 0 Å². The van der Waals surface area contributed by atoms with Gasteiger partial charge in [-0.3, -0.25) is 4.68 Å². The van der Waals surface area contributed by atoms with Crippen LogP contribution in [-0.4, -0.2) is 19.3 Å². The van der Waals surface area contributed by atoms with Crippen LogP contribution in [-0.2, 0) is 27.1 Å². The fourth-order valence-electron chi connectivity index (χ4n) is 2.70. The first-order valence-electron chi connectivity index (χ1n) is 6.45. The van der Waals surface area contributed by atoms with Crippen molar-refractivity contribution >= 4 is 0 Å². The van der Waals surface area contributed by atoms with Crippen LogP contribution in [0.25, 0.3) is 0 Å². The molecule has 1 aliphatic rings. The lowest BCUT2D eigenvalue weighted by Gasteiger charge is -2.23. The molecule has 0 aliphatic heterocycles. The van der Waals surface area contributed by atoms with Crippen LogP contribution in [0.3, 0.4) is 0 Å². The molecular formula is C13H19N5. The average molecular weight is 245 g/mol. The smallest absolute Gasteiger partial charge is 0.0945 e. The van der Waals surface area contributed by atoms with Crippen molar-refractivity contribution in [3.05, 3.63) is 35.7 Å². The predicted molar refractivity (Wildman–Crippen MR) is 68.9 cm³/mol. The summed E-state index contributed by atoms with van der Waals surface area (Å²) in [6.07, 6.45) is 9.34. The molecule has 5 heteroatoms. The van der Waals surface area contributed by atoms with Gasteiger partial charge in [0.05, 0.1) is 18.2 Å². The largest absolute Gasteiger partial charge is 0.337 e. The molecule has 1 N–H and O–H groups in total. The first-order chi connectivity index (χ1) is 8.75. The summed E-state index contributed by atoms with van der Waals surface area (Å²) in [6.45, 7) is 0.857. The van der Waals surface area contributed by atoms with Crippen molar-refractivity contribution in [2.75, 3.05) is 0 Å². The van der Waals surface area contributed by atoms with Gasteiger partial charge in [0.2, 0.25) is 0 Å². The third kappa shape index (κ3) is 1.95. The van der Waals surface area contributed by atoms with Crippen LogP contribution < -0.4 is 5.32 Å².